The minimum Gasteiger partial charge on any atom is -0.0616 e. The maximum Gasteiger partial charge on any atom is -0.0178 e. The third-order valence-electron chi connectivity index (χ3n) is 3.80. The summed E-state index contributed by atoms with van der Waals surface area (Å²) in [6.45, 7) is 0. The van der Waals surface area contributed by atoms with E-state index in [1.54, 1.807) is 0 Å². The van der Waals surface area contributed by atoms with Crippen LogP contribution < -0.4 is 0 Å². The zero-order valence-electron chi connectivity index (χ0n) is 11.1. The molecule has 0 bridgehead atoms. The lowest BCUT2D eigenvalue weighted by atomic mass is 9.95. The van der Waals surface area contributed by atoms with Crippen molar-refractivity contribution in [2.24, 2.45) is 0 Å². The second kappa shape index (κ2) is 4.50. The van der Waals surface area contributed by atoms with Gasteiger partial charge in [-0.15, -0.1) is 0 Å². The Morgan fingerprint density at radius 1 is 0.550 bits per heavy atom. The van der Waals surface area contributed by atoms with Crippen molar-refractivity contribution in [1.29, 1.82) is 0 Å². The third-order valence-corrected chi connectivity index (χ3v) is 3.80. The summed E-state index contributed by atoms with van der Waals surface area (Å²) in [5.41, 5.74) is 5.17. The highest BCUT2D eigenvalue weighted by Crippen LogP contribution is 2.25. The molecule has 0 heterocycles. The van der Waals surface area contributed by atoms with Crippen LogP contribution in [0.5, 0.6) is 0 Å². The zero-order chi connectivity index (χ0) is 13.4. The van der Waals surface area contributed by atoms with Crippen LogP contribution in [-0.2, 0) is 0 Å². The molecule has 0 atom stereocenters. The van der Waals surface area contributed by atoms with Crippen LogP contribution in [0.2, 0.25) is 0 Å². The van der Waals surface area contributed by atoms with Gasteiger partial charge in [-0.2, -0.15) is 0 Å². The molecular formula is C20H14. The largest absolute Gasteiger partial charge is 0.0616 e. The molecule has 0 spiro atoms. The molecular weight excluding hydrogens is 240 g/mol. The maximum absolute atomic E-state index is 2.23. The van der Waals surface area contributed by atoms with Crippen LogP contribution in [0.15, 0.2) is 60.7 Å². The molecule has 3 aromatic carbocycles. The summed E-state index contributed by atoms with van der Waals surface area (Å²) in [5, 5.41) is 2.57. The Morgan fingerprint density at radius 2 is 1.25 bits per heavy atom. The van der Waals surface area contributed by atoms with Gasteiger partial charge in [0.25, 0.3) is 0 Å². The predicted octanol–water partition coefficient (Wildman–Crippen LogP) is 5.49. The van der Waals surface area contributed by atoms with Gasteiger partial charge < -0.3 is 0 Å². The van der Waals surface area contributed by atoms with E-state index in [-0.39, 0.29) is 0 Å². The summed E-state index contributed by atoms with van der Waals surface area (Å²) in [5.74, 6) is 0. The first-order valence-corrected chi connectivity index (χ1v) is 6.87. The van der Waals surface area contributed by atoms with E-state index >= 15 is 0 Å². The quantitative estimate of drug-likeness (QED) is 0.415. The van der Waals surface area contributed by atoms with E-state index in [9.17, 15) is 0 Å². The summed E-state index contributed by atoms with van der Waals surface area (Å²) < 4.78 is 0. The van der Waals surface area contributed by atoms with Crippen molar-refractivity contribution in [3.05, 3.63) is 82.9 Å². The van der Waals surface area contributed by atoms with Crippen molar-refractivity contribution in [1.82, 2.24) is 0 Å². The predicted molar refractivity (Wildman–Crippen MR) is 88.2 cm³/mol. The van der Waals surface area contributed by atoms with Crippen LogP contribution in [0, 0.1) is 0 Å². The Labute approximate surface area is 118 Å². The van der Waals surface area contributed by atoms with Gasteiger partial charge in [0, 0.05) is 0 Å². The zero-order valence-corrected chi connectivity index (χ0v) is 11.1. The molecule has 0 heteroatoms. The standard InChI is InChI=1S/C20H14/c1-2-4-19-13-15(7-9-17(19)3-1)5-6-16-8-10-18-11-12-20(18)14-16/h1-14H. The van der Waals surface area contributed by atoms with Gasteiger partial charge in [0.05, 0.1) is 0 Å². The summed E-state index contributed by atoms with van der Waals surface area (Å²) in [6.07, 6.45) is 8.65. The summed E-state index contributed by atoms with van der Waals surface area (Å²) in [6, 6.07) is 21.6. The average Bonchev–Trinajstić information content (AvgIpc) is 2.47. The normalized spacial score (nSPS) is 12.6. The fourth-order valence-corrected chi connectivity index (χ4v) is 2.58. The van der Waals surface area contributed by atoms with Gasteiger partial charge in [0.1, 0.15) is 0 Å². The number of benzene rings is 3. The van der Waals surface area contributed by atoms with E-state index in [1.807, 2.05) is 0 Å². The Hall–Kier alpha value is -2.60. The van der Waals surface area contributed by atoms with Gasteiger partial charge in [-0.3, -0.25) is 0 Å². The number of hydrogen-bond acceptors (Lipinski definition) is 0. The van der Waals surface area contributed by atoms with E-state index in [4.69, 9.17) is 0 Å². The highest BCUT2D eigenvalue weighted by Gasteiger charge is 2.03. The van der Waals surface area contributed by atoms with Crippen LogP contribution in [0.4, 0.5) is 0 Å². The Bertz CT molecular complexity index is 851. The van der Waals surface area contributed by atoms with Gasteiger partial charge in [0.15, 0.2) is 0 Å². The molecule has 0 radical (unpaired) electrons. The Balaban J connectivity index is 1.66. The second-order valence-electron chi connectivity index (χ2n) is 5.16. The maximum atomic E-state index is 2.23. The third kappa shape index (κ3) is 1.96. The molecule has 0 saturated heterocycles. The lowest BCUT2D eigenvalue weighted by Crippen LogP contribution is -1.89. The minimum absolute atomic E-state index is 1.24. The van der Waals surface area contributed by atoms with E-state index in [2.05, 4.69) is 85.0 Å². The van der Waals surface area contributed by atoms with Crippen LogP contribution in [0.25, 0.3) is 35.1 Å². The lowest BCUT2D eigenvalue weighted by molar-refractivity contribution is 1.55. The van der Waals surface area contributed by atoms with Gasteiger partial charge in [0.2, 0.25) is 0 Å². The van der Waals surface area contributed by atoms with Crippen molar-refractivity contribution in [2.75, 3.05) is 0 Å². The molecule has 0 unspecified atom stereocenters. The summed E-state index contributed by atoms with van der Waals surface area (Å²) in [7, 11) is 0. The Morgan fingerprint density at radius 3 is 2.00 bits per heavy atom. The highest BCUT2D eigenvalue weighted by molar-refractivity contribution is 5.88. The fourth-order valence-electron chi connectivity index (χ4n) is 2.58. The van der Waals surface area contributed by atoms with E-state index < -0.39 is 0 Å². The monoisotopic (exact) mass is 254 g/mol. The summed E-state index contributed by atoms with van der Waals surface area (Å²) in [4.78, 5) is 0. The van der Waals surface area contributed by atoms with E-state index in [0.717, 1.165) is 0 Å². The van der Waals surface area contributed by atoms with Crippen molar-refractivity contribution in [3.63, 3.8) is 0 Å². The smallest absolute Gasteiger partial charge is 0.0178 e. The van der Waals surface area contributed by atoms with Crippen LogP contribution >= 0.6 is 0 Å². The number of hydrogen-bond donors (Lipinski definition) is 0. The molecule has 4 rings (SSSR count). The highest BCUT2D eigenvalue weighted by atomic mass is 14.1. The van der Waals surface area contributed by atoms with E-state index in [1.165, 1.54) is 33.0 Å². The molecule has 20 heavy (non-hydrogen) atoms. The lowest BCUT2D eigenvalue weighted by Gasteiger charge is -2.10. The fraction of sp³-hybridized carbons (Fsp3) is 0. The summed E-state index contributed by atoms with van der Waals surface area (Å²) >= 11 is 0. The van der Waals surface area contributed by atoms with Crippen LogP contribution in [0.3, 0.4) is 0 Å². The Kier molecular flexibility index (Phi) is 2.53. The minimum atomic E-state index is 1.24. The molecule has 0 saturated carbocycles. The first kappa shape index (κ1) is 11.2. The van der Waals surface area contributed by atoms with Crippen molar-refractivity contribution in [2.45, 2.75) is 0 Å². The molecule has 0 fully saturated rings. The van der Waals surface area contributed by atoms with Crippen LogP contribution in [0.1, 0.15) is 22.3 Å². The van der Waals surface area contributed by atoms with Crippen molar-refractivity contribution < 1.29 is 0 Å². The van der Waals surface area contributed by atoms with Gasteiger partial charge >= 0.3 is 0 Å². The SMILES string of the molecule is C(=Cc1ccc2ccccc2c1)c1ccc2c(c1)C=C2. The van der Waals surface area contributed by atoms with Crippen molar-refractivity contribution >= 4 is 35.1 Å². The molecule has 94 valence electrons. The first-order chi connectivity index (χ1) is 9.88. The molecule has 3 aromatic rings. The molecule has 0 aliphatic heterocycles. The second-order valence-corrected chi connectivity index (χ2v) is 5.16. The number of fused-ring (bicyclic) bond motifs is 2. The van der Waals surface area contributed by atoms with Gasteiger partial charge in [-0.1, -0.05) is 72.8 Å². The molecule has 0 aromatic heterocycles. The van der Waals surface area contributed by atoms with Gasteiger partial charge in [-0.05, 0) is 45.2 Å². The molecule has 1 aliphatic rings. The van der Waals surface area contributed by atoms with Crippen LogP contribution in [-0.4, -0.2) is 0 Å². The van der Waals surface area contributed by atoms with Crippen molar-refractivity contribution in [3.8, 4) is 0 Å². The van der Waals surface area contributed by atoms with E-state index in [0.29, 0.717) is 0 Å². The first-order valence-electron chi connectivity index (χ1n) is 6.87. The molecule has 0 N–H and O–H groups in total. The average molecular weight is 254 g/mol. The number of rotatable bonds is 2. The van der Waals surface area contributed by atoms with Gasteiger partial charge in [-0.25, -0.2) is 0 Å². The topological polar surface area (TPSA) is 0 Å². The molecule has 0 amide bonds. The molecule has 0 nitrogen and oxygen atoms in total. The molecule has 1 aliphatic carbocycles.